The van der Waals surface area contributed by atoms with Crippen LogP contribution in [0.15, 0.2) is 41.7 Å². The summed E-state index contributed by atoms with van der Waals surface area (Å²) in [7, 11) is 1.76. The van der Waals surface area contributed by atoms with E-state index in [0.29, 0.717) is 17.6 Å². The van der Waals surface area contributed by atoms with Crippen LogP contribution in [-0.2, 0) is 13.0 Å². The fraction of sp³-hybridized carbons (Fsp3) is 0.421. The normalized spacial score (nSPS) is 13.6. The quantitative estimate of drug-likeness (QED) is 0.251. The molecule has 0 radical (unpaired) electrons. The summed E-state index contributed by atoms with van der Waals surface area (Å²) in [6, 6.07) is 7.72. The van der Waals surface area contributed by atoms with E-state index in [1.807, 2.05) is 24.4 Å². The molecule has 1 aliphatic carbocycles. The van der Waals surface area contributed by atoms with Crippen LogP contribution in [0.5, 0.6) is 5.88 Å². The highest BCUT2D eigenvalue weighted by Crippen LogP contribution is 2.29. The van der Waals surface area contributed by atoms with Crippen molar-refractivity contribution in [2.45, 2.75) is 25.8 Å². The molecule has 1 aliphatic rings. The Labute approximate surface area is 182 Å². The van der Waals surface area contributed by atoms with Crippen molar-refractivity contribution in [1.29, 1.82) is 0 Å². The minimum Gasteiger partial charge on any atom is -0.477 e. The Hall–Kier alpha value is -1.61. The van der Waals surface area contributed by atoms with Crippen molar-refractivity contribution in [1.82, 2.24) is 20.6 Å². The number of guanidine groups is 1. The van der Waals surface area contributed by atoms with Crippen LogP contribution in [0.1, 0.15) is 24.0 Å². The number of nitrogens with one attached hydrogen (secondary N) is 2. The predicted octanol–water partition coefficient (Wildman–Crippen LogP) is 3.44. The van der Waals surface area contributed by atoms with Crippen LogP contribution in [0.2, 0.25) is 5.15 Å². The number of aromatic nitrogens is 2. The van der Waals surface area contributed by atoms with Crippen molar-refractivity contribution in [3.05, 3.63) is 52.9 Å². The molecule has 2 aromatic rings. The number of hydrogen-bond donors (Lipinski definition) is 2. The molecule has 2 heterocycles. The molecule has 8 heteroatoms. The predicted molar refractivity (Wildman–Crippen MR) is 119 cm³/mol. The third-order valence-corrected chi connectivity index (χ3v) is 4.36. The van der Waals surface area contributed by atoms with E-state index in [4.69, 9.17) is 16.3 Å². The first kappa shape index (κ1) is 21.7. The highest BCUT2D eigenvalue weighted by molar-refractivity contribution is 14.0. The van der Waals surface area contributed by atoms with Crippen LogP contribution < -0.4 is 15.4 Å². The van der Waals surface area contributed by atoms with Crippen molar-refractivity contribution in [2.24, 2.45) is 10.9 Å². The van der Waals surface area contributed by atoms with E-state index in [-0.39, 0.29) is 24.0 Å². The molecule has 0 spiro atoms. The van der Waals surface area contributed by atoms with E-state index < -0.39 is 0 Å². The van der Waals surface area contributed by atoms with Gasteiger partial charge in [-0.15, -0.1) is 24.0 Å². The van der Waals surface area contributed by atoms with Crippen LogP contribution in [0.4, 0.5) is 0 Å². The minimum absolute atomic E-state index is 0. The molecule has 0 atom stereocenters. The highest BCUT2D eigenvalue weighted by atomic mass is 127. The smallest absolute Gasteiger partial charge is 0.213 e. The molecule has 146 valence electrons. The van der Waals surface area contributed by atoms with Crippen molar-refractivity contribution in [3.8, 4) is 5.88 Å². The first-order valence-corrected chi connectivity index (χ1v) is 9.23. The van der Waals surface area contributed by atoms with Gasteiger partial charge in [0.15, 0.2) is 5.96 Å². The number of hydrogen-bond acceptors (Lipinski definition) is 4. The molecule has 3 rings (SSSR count). The van der Waals surface area contributed by atoms with E-state index in [2.05, 4.69) is 25.6 Å². The summed E-state index contributed by atoms with van der Waals surface area (Å²) in [5.74, 6) is 2.18. The Balaban J connectivity index is 0.00000261. The zero-order valence-electron chi connectivity index (χ0n) is 15.3. The van der Waals surface area contributed by atoms with E-state index in [9.17, 15) is 0 Å². The number of nitrogens with zero attached hydrogens (tertiary/aromatic N) is 3. The van der Waals surface area contributed by atoms with Crippen LogP contribution in [0.3, 0.4) is 0 Å². The van der Waals surface area contributed by atoms with E-state index in [1.165, 1.54) is 12.8 Å². The average Bonchev–Trinajstić information content (AvgIpc) is 3.50. The first-order chi connectivity index (χ1) is 12.7. The summed E-state index contributed by atoms with van der Waals surface area (Å²) in [6.45, 7) is 2.19. The Morgan fingerprint density at radius 2 is 1.93 bits per heavy atom. The zero-order chi connectivity index (χ0) is 18.2. The third-order valence-electron chi connectivity index (χ3n) is 4.14. The Morgan fingerprint density at radius 3 is 2.56 bits per heavy atom. The van der Waals surface area contributed by atoms with Gasteiger partial charge in [0.25, 0.3) is 0 Å². The Bertz CT molecular complexity index is 720. The van der Waals surface area contributed by atoms with Gasteiger partial charge in [-0.1, -0.05) is 23.7 Å². The number of pyridine rings is 2. The lowest BCUT2D eigenvalue weighted by molar-refractivity contribution is 0.288. The molecular weight excluding hydrogens is 477 g/mol. The Kier molecular flexibility index (Phi) is 9.06. The summed E-state index contributed by atoms with van der Waals surface area (Å²) in [5, 5.41) is 7.08. The molecule has 2 aromatic heterocycles. The molecule has 0 saturated heterocycles. The van der Waals surface area contributed by atoms with E-state index in [1.54, 1.807) is 19.3 Å². The maximum absolute atomic E-state index is 5.79. The van der Waals surface area contributed by atoms with Gasteiger partial charge in [-0.3, -0.25) is 4.99 Å². The lowest BCUT2D eigenvalue weighted by Gasteiger charge is -2.12. The average molecular weight is 502 g/mol. The molecule has 1 fully saturated rings. The Morgan fingerprint density at radius 1 is 1.15 bits per heavy atom. The molecule has 2 N–H and O–H groups in total. The van der Waals surface area contributed by atoms with Crippen molar-refractivity contribution < 1.29 is 4.74 Å². The fourth-order valence-corrected chi connectivity index (χ4v) is 2.49. The van der Waals surface area contributed by atoms with Gasteiger partial charge in [0.1, 0.15) is 5.15 Å². The van der Waals surface area contributed by atoms with Crippen molar-refractivity contribution in [2.75, 3.05) is 20.2 Å². The van der Waals surface area contributed by atoms with Gasteiger partial charge in [0, 0.05) is 38.6 Å². The second-order valence-electron chi connectivity index (χ2n) is 6.35. The molecular formula is C19H25ClIN5O. The number of aliphatic imine (C=N–C) groups is 1. The number of halogens is 2. The molecule has 0 amide bonds. The SMILES string of the molecule is CN=C(NCCc1ccc(Cl)nc1)NCc1ccc(OCC2CC2)nc1.I. The molecule has 27 heavy (non-hydrogen) atoms. The maximum atomic E-state index is 5.79. The molecule has 1 saturated carbocycles. The maximum Gasteiger partial charge on any atom is 0.213 e. The van der Waals surface area contributed by atoms with Gasteiger partial charge in [-0.2, -0.15) is 0 Å². The first-order valence-electron chi connectivity index (χ1n) is 8.85. The standard InChI is InChI=1S/C19H24ClN5O.HI/c1-21-19(22-9-8-14-4-6-17(20)23-10-14)25-12-16-5-7-18(24-11-16)26-13-15-2-3-15;/h4-7,10-11,15H,2-3,8-9,12-13H2,1H3,(H2,21,22,25);1H. The van der Waals surface area contributed by atoms with Crippen LogP contribution in [0, 0.1) is 5.92 Å². The third kappa shape index (κ3) is 7.88. The van der Waals surface area contributed by atoms with E-state index >= 15 is 0 Å². The number of ether oxygens (including phenoxy) is 1. The molecule has 0 bridgehead atoms. The summed E-state index contributed by atoms with van der Waals surface area (Å²) >= 11 is 5.79. The summed E-state index contributed by atoms with van der Waals surface area (Å²) in [5.41, 5.74) is 2.21. The summed E-state index contributed by atoms with van der Waals surface area (Å²) in [6.07, 6.45) is 7.03. The zero-order valence-corrected chi connectivity index (χ0v) is 18.4. The van der Waals surface area contributed by atoms with Gasteiger partial charge in [-0.25, -0.2) is 9.97 Å². The van der Waals surface area contributed by atoms with Crippen molar-refractivity contribution in [3.63, 3.8) is 0 Å². The summed E-state index contributed by atoms with van der Waals surface area (Å²) in [4.78, 5) is 12.7. The lowest BCUT2D eigenvalue weighted by Crippen LogP contribution is -2.37. The molecule has 6 nitrogen and oxygen atoms in total. The van der Waals surface area contributed by atoms with Gasteiger partial charge in [-0.05, 0) is 42.4 Å². The number of rotatable bonds is 8. The molecule has 0 unspecified atom stereocenters. The summed E-state index contributed by atoms with van der Waals surface area (Å²) < 4.78 is 5.65. The molecule has 0 aliphatic heterocycles. The second-order valence-corrected chi connectivity index (χ2v) is 6.74. The molecule has 0 aromatic carbocycles. The van der Waals surface area contributed by atoms with E-state index in [0.717, 1.165) is 42.6 Å². The van der Waals surface area contributed by atoms with Gasteiger partial charge in [0.2, 0.25) is 5.88 Å². The van der Waals surface area contributed by atoms with Gasteiger partial charge < -0.3 is 15.4 Å². The lowest BCUT2D eigenvalue weighted by atomic mass is 10.2. The van der Waals surface area contributed by atoms with Gasteiger partial charge >= 0.3 is 0 Å². The van der Waals surface area contributed by atoms with Crippen LogP contribution in [0.25, 0.3) is 0 Å². The largest absolute Gasteiger partial charge is 0.477 e. The van der Waals surface area contributed by atoms with Crippen LogP contribution in [-0.4, -0.2) is 36.1 Å². The highest BCUT2D eigenvalue weighted by Gasteiger charge is 2.21. The second kappa shape index (κ2) is 11.3. The van der Waals surface area contributed by atoms with Crippen molar-refractivity contribution >= 4 is 41.5 Å². The topological polar surface area (TPSA) is 71.4 Å². The minimum atomic E-state index is 0. The monoisotopic (exact) mass is 501 g/mol. The van der Waals surface area contributed by atoms with Crippen LogP contribution >= 0.6 is 35.6 Å². The fourth-order valence-electron chi connectivity index (χ4n) is 2.37. The van der Waals surface area contributed by atoms with Gasteiger partial charge in [0.05, 0.1) is 6.61 Å².